The van der Waals surface area contributed by atoms with Gasteiger partial charge in [-0.25, -0.2) is 0 Å². The fourth-order valence-electron chi connectivity index (χ4n) is 8.31. The van der Waals surface area contributed by atoms with Crippen molar-refractivity contribution in [3.05, 3.63) is 50.9 Å². The number of nitrogens with one attached hydrogen (secondary N) is 1. The summed E-state index contributed by atoms with van der Waals surface area (Å²) in [5.41, 5.74) is 5.21. The van der Waals surface area contributed by atoms with E-state index in [4.69, 9.17) is 4.74 Å². The van der Waals surface area contributed by atoms with E-state index >= 15 is 0 Å². The lowest BCUT2D eigenvalue weighted by Crippen LogP contribution is -2.57. The zero-order valence-corrected chi connectivity index (χ0v) is 22.9. The number of carbonyl (C=O) groups is 2. The van der Waals surface area contributed by atoms with E-state index in [2.05, 4.69) is 50.4 Å². The minimum Gasteiger partial charge on any atom is -0.455 e. The van der Waals surface area contributed by atoms with Gasteiger partial charge in [-0.3, -0.25) is 9.59 Å². The Hall–Kier alpha value is -2.65. The summed E-state index contributed by atoms with van der Waals surface area (Å²) in [6, 6.07) is 9.12. The van der Waals surface area contributed by atoms with Crippen molar-refractivity contribution < 1.29 is 14.3 Å². The Labute approximate surface area is 223 Å². The number of anilines is 1. The molecule has 0 radical (unpaired) electrons. The first-order valence-electron chi connectivity index (χ1n) is 13.8. The van der Waals surface area contributed by atoms with Crippen LogP contribution in [0.1, 0.15) is 84.6 Å². The number of fused-ring (bicyclic) bond motifs is 1. The molecule has 5 nitrogen and oxygen atoms in total. The van der Waals surface area contributed by atoms with Crippen molar-refractivity contribution in [2.45, 2.75) is 84.0 Å². The standard InChI is InChI=1S/C31H36N2O3S/c1-18-4-7-24-25(15-32)28(37-26(24)8-18)33-27(34)16-36-29(35)31-13-21-10-22(14-31)12-30(11-21,17-31)23-6-5-19(2)20(3)9-23/h5-6,9,18,21-22H,4,7-8,10-14,16-17H2,1-3H3,(H,33,34). The van der Waals surface area contributed by atoms with Crippen molar-refractivity contribution in [2.75, 3.05) is 11.9 Å². The molecule has 3 unspecified atom stereocenters. The predicted molar refractivity (Wildman–Crippen MR) is 145 cm³/mol. The van der Waals surface area contributed by atoms with Crippen molar-refractivity contribution in [3.8, 4) is 6.07 Å². The molecule has 3 atom stereocenters. The quantitative estimate of drug-likeness (QED) is 0.468. The van der Waals surface area contributed by atoms with Crippen LogP contribution in [0.25, 0.3) is 0 Å². The number of nitriles is 1. The van der Waals surface area contributed by atoms with Crippen LogP contribution in [-0.4, -0.2) is 18.5 Å². The third-order valence-corrected chi connectivity index (χ3v) is 11.0. The lowest BCUT2D eigenvalue weighted by Gasteiger charge is -2.61. The van der Waals surface area contributed by atoms with Crippen LogP contribution < -0.4 is 5.32 Å². The van der Waals surface area contributed by atoms with Crippen LogP contribution in [0.4, 0.5) is 5.00 Å². The highest BCUT2D eigenvalue weighted by molar-refractivity contribution is 7.16. The van der Waals surface area contributed by atoms with E-state index in [9.17, 15) is 14.9 Å². The molecule has 0 saturated heterocycles. The maximum Gasteiger partial charge on any atom is 0.312 e. The summed E-state index contributed by atoms with van der Waals surface area (Å²) >= 11 is 1.50. The second-order valence-electron chi connectivity index (χ2n) is 12.6. The van der Waals surface area contributed by atoms with E-state index in [0.29, 0.717) is 28.3 Å². The van der Waals surface area contributed by atoms with Gasteiger partial charge in [-0.1, -0.05) is 25.1 Å². The first kappa shape index (κ1) is 24.7. The zero-order chi connectivity index (χ0) is 25.9. The lowest BCUT2D eigenvalue weighted by atomic mass is 9.43. The van der Waals surface area contributed by atoms with Crippen LogP contribution in [0, 0.1) is 48.3 Å². The van der Waals surface area contributed by atoms with Gasteiger partial charge < -0.3 is 10.1 Å². The molecule has 4 bridgehead atoms. The number of amides is 1. The topological polar surface area (TPSA) is 79.2 Å². The molecule has 1 N–H and O–H groups in total. The Morgan fingerprint density at radius 1 is 1.16 bits per heavy atom. The number of thiophene rings is 1. The lowest BCUT2D eigenvalue weighted by molar-refractivity contribution is -0.175. The molecule has 194 valence electrons. The van der Waals surface area contributed by atoms with Crippen LogP contribution >= 0.6 is 11.3 Å². The highest BCUT2D eigenvalue weighted by Gasteiger charge is 2.61. The second kappa shape index (κ2) is 8.98. The summed E-state index contributed by atoms with van der Waals surface area (Å²) in [7, 11) is 0. The van der Waals surface area contributed by atoms with Crippen molar-refractivity contribution >= 4 is 28.2 Å². The number of carbonyl (C=O) groups excluding carboxylic acids is 2. The number of hydrogen-bond acceptors (Lipinski definition) is 5. The molecule has 0 aliphatic heterocycles. The van der Waals surface area contributed by atoms with Crippen molar-refractivity contribution in [1.82, 2.24) is 0 Å². The molecule has 1 aromatic carbocycles. The third kappa shape index (κ3) is 4.20. The number of aryl methyl sites for hydroxylation is 2. The average molecular weight is 517 g/mol. The maximum atomic E-state index is 13.6. The molecular formula is C31H36N2O3S. The van der Waals surface area contributed by atoms with E-state index in [0.717, 1.165) is 56.9 Å². The third-order valence-electron chi connectivity index (χ3n) is 9.82. The number of ether oxygens (including phenoxy) is 1. The highest BCUT2D eigenvalue weighted by Crippen LogP contribution is 2.66. The summed E-state index contributed by atoms with van der Waals surface area (Å²) in [6.45, 7) is 6.25. The fraction of sp³-hybridized carbons (Fsp3) is 0.581. The van der Waals surface area contributed by atoms with E-state index in [-0.39, 0.29) is 23.9 Å². The molecule has 4 fully saturated rings. The molecule has 5 aliphatic rings. The van der Waals surface area contributed by atoms with Crippen molar-refractivity contribution in [1.29, 1.82) is 5.26 Å². The van der Waals surface area contributed by atoms with Gasteiger partial charge in [-0.2, -0.15) is 5.26 Å². The first-order valence-corrected chi connectivity index (χ1v) is 14.6. The van der Waals surface area contributed by atoms with Gasteiger partial charge in [0.05, 0.1) is 11.0 Å². The van der Waals surface area contributed by atoms with Gasteiger partial charge >= 0.3 is 5.97 Å². The van der Waals surface area contributed by atoms with Gasteiger partial charge in [0.1, 0.15) is 11.1 Å². The van der Waals surface area contributed by atoms with E-state index in [1.165, 1.54) is 39.3 Å². The molecule has 6 heteroatoms. The van der Waals surface area contributed by atoms with Crippen molar-refractivity contribution in [2.24, 2.45) is 23.2 Å². The molecule has 1 amide bonds. The zero-order valence-electron chi connectivity index (χ0n) is 22.1. The molecule has 2 aromatic rings. The molecule has 1 aromatic heterocycles. The number of benzene rings is 1. The van der Waals surface area contributed by atoms with Gasteiger partial charge in [0.25, 0.3) is 5.91 Å². The minimum absolute atomic E-state index is 0.0404. The van der Waals surface area contributed by atoms with E-state index in [1.807, 2.05) is 0 Å². The van der Waals surface area contributed by atoms with Gasteiger partial charge in [-0.05, 0) is 117 Å². The van der Waals surface area contributed by atoms with E-state index in [1.54, 1.807) is 0 Å². The summed E-state index contributed by atoms with van der Waals surface area (Å²) in [5, 5.41) is 13.2. The average Bonchev–Trinajstić information content (AvgIpc) is 3.19. The van der Waals surface area contributed by atoms with Crippen LogP contribution in [0.2, 0.25) is 0 Å². The monoisotopic (exact) mass is 516 g/mol. The smallest absolute Gasteiger partial charge is 0.312 e. The fourth-order valence-corrected chi connectivity index (χ4v) is 9.69. The maximum absolute atomic E-state index is 13.6. The Morgan fingerprint density at radius 2 is 1.92 bits per heavy atom. The van der Waals surface area contributed by atoms with Gasteiger partial charge in [-0.15, -0.1) is 11.3 Å². The number of nitrogens with zero attached hydrogens (tertiary/aromatic N) is 1. The molecule has 4 saturated carbocycles. The van der Waals surface area contributed by atoms with Crippen molar-refractivity contribution in [3.63, 3.8) is 0 Å². The summed E-state index contributed by atoms with van der Waals surface area (Å²) in [4.78, 5) is 27.7. The Morgan fingerprint density at radius 3 is 2.62 bits per heavy atom. The molecule has 1 heterocycles. The summed E-state index contributed by atoms with van der Waals surface area (Å²) < 4.78 is 5.75. The SMILES string of the molecule is Cc1ccc(C23CC4CC(CC(C(=O)OCC(=O)Nc5sc6c(c5C#N)CCC(C)C6)(C4)C2)C3)cc1C. The summed E-state index contributed by atoms with van der Waals surface area (Å²) in [5.74, 6) is 1.12. The van der Waals surface area contributed by atoms with Gasteiger partial charge in [0.2, 0.25) is 0 Å². The van der Waals surface area contributed by atoms with Gasteiger partial charge in [0.15, 0.2) is 6.61 Å². The minimum atomic E-state index is -0.487. The number of rotatable bonds is 5. The first-order chi connectivity index (χ1) is 17.7. The Bertz CT molecular complexity index is 1300. The van der Waals surface area contributed by atoms with Crippen LogP contribution in [0.5, 0.6) is 0 Å². The van der Waals surface area contributed by atoms with Crippen LogP contribution in [0.15, 0.2) is 18.2 Å². The molecular weight excluding hydrogens is 480 g/mol. The second-order valence-corrected chi connectivity index (χ2v) is 13.7. The highest BCUT2D eigenvalue weighted by atomic mass is 32.1. The van der Waals surface area contributed by atoms with Crippen LogP contribution in [-0.2, 0) is 32.6 Å². The molecule has 37 heavy (non-hydrogen) atoms. The summed E-state index contributed by atoms with van der Waals surface area (Å²) in [6.07, 6.45) is 9.00. The Balaban J connectivity index is 1.16. The largest absolute Gasteiger partial charge is 0.455 e. The molecule has 5 aliphatic carbocycles. The number of hydrogen-bond donors (Lipinski definition) is 1. The molecule has 0 spiro atoms. The van der Waals surface area contributed by atoms with Crippen LogP contribution in [0.3, 0.4) is 0 Å². The predicted octanol–water partition coefficient (Wildman–Crippen LogP) is 6.38. The number of esters is 1. The van der Waals surface area contributed by atoms with Gasteiger partial charge in [0, 0.05) is 4.88 Å². The van der Waals surface area contributed by atoms with E-state index < -0.39 is 5.41 Å². The Kier molecular flexibility index (Phi) is 5.99. The normalized spacial score (nSPS) is 31.5. The molecule has 7 rings (SSSR count).